The highest BCUT2D eigenvalue weighted by Crippen LogP contribution is 2.46. The third-order valence-electron chi connectivity index (χ3n) is 4.99. The maximum absolute atomic E-state index is 6.30. The number of nitrogens with two attached hydrogens (primary N) is 1. The minimum atomic E-state index is 0.178. The van der Waals surface area contributed by atoms with Gasteiger partial charge in [0.15, 0.2) is 0 Å². The molecule has 1 aliphatic rings. The predicted molar refractivity (Wildman–Crippen MR) is 88.9 cm³/mol. The standard InChI is InChI=1S/C16H34N2S/c1-6-7-8-10-18(14(2)3)16(12-17)13-19-11-9-15(16,4)5/h14H,6-13,17H2,1-5H3. The average molecular weight is 287 g/mol. The molecule has 19 heavy (non-hydrogen) atoms. The molecular weight excluding hydrogens is 252 g/mol. The summed E-state index contributed by atoms with van der Waals surface area (Å²) in [6.07, 6.45) is 5.21. The van der Waals surface area contributed by atoms with E-state index in [1.54, 1.807) is 0 Å². The van der Waals surface area contributed by atoms with E-state index in [9.17, 15) is 0 Å². The summed E-state index contributed by atoms with van der Waals surface area (Å²) in [6, 6.07) is 0.582. The SMILES string of the molecule is CCCCCN(C(C)C)C1(CN)CSCCC1(C)C. The molecule has 0 aliphatic carbocycles. The minimum absolute atomic E-state index is 0.178. The van der Waals surface area contributed by atoms with Crippen LogP contribution in [0.2, 0.25) is 0 Å². The van der Waals surface area contributed by atoms with E-state index in [-0.39, 0.29) is 5.54 Å². The summed E-state index contributed by atoms with van der Waals surface area (Å²) in [6.45, 7) is 13.8. The number of hydrogen-bond donors (Lipinski definition) is 1. The Labute approximate surface area is 124 Å². The molecule has 2 nitrogen and oxygen atoms in total. The first-order valence-corrected chi connectivity index (χ1v) is 9.11. The second-order valence-corrected chi connectivity index (χ2v) is 8.02. The van der Waals surface area contributed by atoms with Crippen LogP contribution < -0.4 is 5.73 Å². The van der Waals surface area contributed by atoms with E-state index in [0.717, 1.165) is 6.54 Å². The van der Waals surface area contributed by atoms with Crippen LogP contribution in [0.1, 0.15) is 60.3 Å². The number of rotatable bonds is 7. The summed E-state index contributed by atoms with van der Waals surface area (Å²) in [4.78, 5) is 2.72. The molecule has 0 spiro atoms. The van der Waals surface area contributed by atoms with Crippen LogP contribution in [0.5, 0.6) is 0 Å². The van der Waals surface area contributed by atoms with E-state index in [2.05, 4.69) is 51.3 Å². The van der Waals surface area contributed by atoms with Gasteiger partial charge in [0.25, 0.3) is 0 Å². The summed E-state index contributed by atoms with van der Waals surface area (Å²) < 4.78 is 0. The molecule has 114 valence electrons. The average Bonchev–Trinajstić information content (AvgIpc) is 2.35. The first kappa shape index (κ1) is 17.3. The highest BCUT2D eigenvalue weighted by atomic mass is 32.2. The van der Waals surface area contributed by atoms with Gasteiger partial charge in [0, 0.05) is 23.9 Å². The Morgan fingerprint density at radius 2 is 1.95 bits per heavy atom. The Morgan fingerprint density at radius 1 is 1.26 bits per heavy atom. The summed E-state index contributed by atoms with van der Waals surface area (Å²) in [5.41, 5.74) is 6.80. The van der Waals surface area contributed by atoms with E-state index in [1.165, 1.54) is 43.7 Å². The van der Waals surface area contributed by atoms with Crippen LogP contribution in [0, 0.1) is 5.41 Å². The monoisotopic (exact) mass is 286 g/mol. The molecule has 1 aliphatic heterocycles. The molecule has 2 N–H and O–H groups in total. The van der Waals surface area contributed by atoms with Crippen molar-refractivity contribution in [2.24, 2.45) is 11.1 Å². The van der Waals surface area contributed by atoms with Crippen molar-refractivity contribution >= 4 is 11.8 Å². The highest BCUT2D eigenvalue weighted by Gasteiger charge is 2.50. The summed E-state index contributed by atoms with van der Waals surface area (Å²) in [5, 5.41) is 0. The summed E-state index contributed by atoms with van der Waals surface area (Å²) in [7, 11) is 0. The lowest BCUT2D eigenvalue weighted by Gasteiger charge is -2.57. The zero-order valence-electron chi connectivity index (χ0n) is 13.7. The molecule has 0 saturated carbocycles. The maximum Gasteiger partial charge on any atom is 0.0475 e. The fourth-order valence-electron chi connectivity index (χ4n) is 3.42. The van der Waals surface area contributed by atoms with E-state index in [1.807, 2.05) is 0 Å². The Kier molecular flexibility index (Phi) is 6.68. The molecule has 0 radical (unpaired) electrons. The smallest absolute Gasteiger partial charge is 0.0475 e. The number of hydrogen-bond acceptors (Lipinski definition) is 3. The molecule has 0 amide bonds. The zero-order valence-corrected chi connectivity index (χ0v) is 14.5. The van der Waals surface area contributed by atoms with Gasteiger partial charge in [0.1, 0.15) is 0 Å². The molecule has 0 bridgehead atoms. The van der Waals surface area contributed by atoms with Crippen molar-refractivity contribution in [1.82, 2.24) is 4.90 Å². The van der Waals surface area contributed by atoms with E-state index >= 15 is 0 Å². The van der Waals surface area contributed by atoms with Crippen molar-refractivity contribution in [1.29, 1.82) is 0 Å². The fourth-order valence-corrected chi connectivity index (χ4v) is 5.23. The normalized spacial score (nSPS) is 27.2. The molecule has 0 aromatic carbocycles. The molecule has 1 unspecified atom stereocenters. The highest BCUT2D eigenvalue weighted by molar-refractivity contribution is 7.99. The number of unbranched alkanes of at least 4 members (excludes halogenated alkanes) is 2. The van der Waals surface area contributed by atoms with Gasteiger partial charge >= 0.3 is 0 Å². The van der Waals surface area contributed by atoms with Crippen LogP contribution in [0.3, 0.4) is 0 Å². The van der Waals surface area contributed by atoms with Gasteiger partial charge in [0.2, 0.25) is 0 Å². The molecule has 1 fully saturated rings. The lowest BCUT2D eigenvalue weighted by molar-refractivity contribution is -0.0204. The molecule has 0 aromatic heterocycles. The van der Waals surface area contributed by atoms with E-state index < -0.39 is 0 Å². The fraction of sp³-hybridized carbons (Fsp3) is 1.00. The summed E-state index contributed by atoms with van der Waals surface area (Å²) in [5.74, 6) is 2.48. The van der Waals surface area contributed by atoms with Crippen molar-refractivity contribution in [3.63, 3.8) is 0 Å². The molecule has 3 heteroatoms. The van der Waals surface area contributed by atoms with Crippen LogP contribution in [0.4, 0.5) is 0 Å². The molecular formula is C16H34N2S. The van der Waals surface area contributed by atoms with Gasteiger partial charge < -0.3 is 5.73 Å². The van der Waals surface area contributed by atoms with Crippen LogP contribution in [-0.4, -0.2) is 41.1 Å². The first-order valence-electron chi connectivity index (χ1n) is 7.96. The van der Waals surface area contributed by atoms with Gasteiger partial charge in [-0.1, -0.05) is 33.6 Å². The largest absolute Gasteiger partial charge is 0.329 e. The lowest BCUT2D eigenvalue weighted by atomic mass is 9.69. The predicted octanol–water partition coefficient (Wildman–Crippen LogP) is 3.75. The minimum Gasteiger partial charge on any atom is -0.329 e. The third-order valence-corrected chi connectivity index (χ3v) is 6.16. The van der Waals surface area contributed by atoms with Gasteiger partial charge in [-0.2, -0.15) is 11.8 Å². The van der Waals surface area contributed by atoms with Crippen LogP contribution in [0.15, 0.2) is 0 Å². The molecule has 1 atom stereocenters. The second kappa shape index (κ2) is 7.33. The Bertz CT molecular complexity index is 265. The van der Waals surface area contributed by atoms with Gasteiger partial charge in [-0.15, -0.1) is 0 Å². The van der Waals surface area contributed by atoms with Gasteiger partial charge in [-0.25, -0.2) is 0 Å². The third kappa shape index (κ3) is 3.68. The Morgan fingerprint density at radius 3 is 2.42 bits per heavy atom. The van der Waals surface area contributed by atoms with Crippen molar-refractivity contribution < 1.29 is 0 Å². The maximum atomic E-state index is 6.30. The Balaban J connectivity index is 2.93. The van der Waals surface area contributed by atoms with Crippen molar-refractivity contribution in [3.05, 3.63) is 0 Å². The molecule has 0 aromatic rings. The quantitative estimate of drug-likeness (QED) is 0.723. The molecule has 1 heterocycles. The second-order valence-electron chi connectivity index (χ2n) is 6.92. The van der Waals surface area contributed by atoms with Gasteiger partial charge in [0.05, 0.1) is 0 Å². The van der Waals surface area contributed by atoms with Crippen molar-refractivity contribution in [2.75, 3.05) is 24.6 Å². The van der Waals surface area contributed by atoms with E-state index in [4.69, 9.17) is 5.73 Å². The van der Waals surface area contributed by atoms with Crippen LogP contribution in [0.25, 0.3) is 0 Å². The zero-order chi connectivity index (χ0) is 14.5. The lowest BCUT2D eigenvalue weighted by Crippen LogP contribution is -2.67. The van der Waals surface area contributed by atoms with E-state index in [0.29, 0.717) is 11.5 Å². The van der Waals surface area contributed by atoms with Crippen LogP contribution in [-0.2, 0) is 0 Å². The van der Waals surface area contributed by atoms with Gasteiger partial charge in [-0.3, -0.25) is 4.90 Å². The van der Waals surface area contributed by atoms with Crippen molar-refractivity contribution in [3.8, 4) is 0 Å². The summed E-state index contributed by atoms with van der Waals surface area (Å²) >= 11 is 2.09. The Hall–Kier alpha value is 0.270. The topological polar surface area (TPSA) is 29.3 Å². The molecule has 1 rings (SSSR count). The van der Waals surface area contributed by atoms with Crippen molar-refractivity contribution in [2.45, 2.75) is 71.9 Å². The first-order chi connectivity index (χ1) is 8.91. The number of thioether (sulfide) groups is 1. The van der Waals surface area contributed by atoms with Crippen LogP contribution >= 0.6 is 11.8 Å². The molecule has 1 saturated heterocycles. The van der Waals surface area contributed by atoms with Gasteiger partial charge in [-0.05, 0) is 44.4 Å². The number of nitrogens with zero attached hydrogens (tertiary/aromatic N) is 1.